The highest BCUT2D eigenvalue weighted by Gasteiger charge is 2.03. The Kier molecular flexibility index (Phi) is 4.23. The predicted molar refractivity (Wildman–Crippen MR) is 77.1 cm³/mol. The third-order valence-corrected chi connectivity index (χ3v) is 3.10. The van der Waals surface area contributed by atoms with Gasteiger partial charge in [0.15, 0.2) is 0 Å². The van der Waals surface area contributed by atoms with Crippen molar-refractivity contribution in [1.29, 1.82) is 0 Å². The van der Waals surface area contributed by atoms with Crippen LogP contribution in [-0.4, -0.2) is 10.6 Å². The zero-order valence-electron chi connectivity index (χ0n) is 11.3. The van der Waals surface area contributed by atoms with Gasteiger partial charge >= 0.3 is 6.03 Å². The van der Waals surface area contributed by atoms with Crippen molar-refractivity contribution < 1.29 is 4.79 Å². The van der Waals surface area contributed by atoms with E-state index in [-0.39, 0.29) is 6.03 Å². The van der Waals surface area contributed by atoms with Gasteiger partial charge in [-0.1, -0.05) is 19.1 Å². The largest absolute Gasteiger partial charge is 0.353 e. The molecule has 0 unspecified atom stereocenters. The van der Waals surface area contributed by atoms with E-state index in [9.17, 15) is 4.79 Å². The summed E-state index contributed by atoms with van der Waals surface area (Å²) >= 11 is 0. The molecule has 2 rings (SSSR count). The third-order valence-electron chi connectivity index (χ3n) is 3.10. The standard InChI is InChI=1S/C15H19N3O/c1-3-12-6-8-13(9-7-12)17-15(19)16-11-14-5-4-10-18(14)2/h4-10H,3,11H2,1-2H3,(H2,16,17,19). The SMILES string of the molecule is CCc1ccc(NC(=O)NCc2cccn2C)cc1. The van der Waals surface area contributed by atoms with Crippen LogP contribution in [0, 0.1) is 0 Å². The maximum atomic E-state index is 11.7. The monoisotopic (exact) mass is 257 g/mol. The first-order valence-electron chi connectivity index (χ1n) is 6.43. The van der Waals surface area contributed by atoms with Crippen LogP contribution in [0.5, 0.6) is 0 Å². The number of anilines is 1. The van der Waals surface area contributed by atoms with Crippen LogP contribution in [0.4, 0.5) is 10.5 Å². The van der Waals surface area contributed by atoms with Crippen molar-refractivity contribution in [3.63, 3.8) is 0 Å². The quantitative estimate of drug-likeness (QED) is 0.869. The molecule has 0 bridgehead atoms. The number of carbonyl (C=O) groups is 1. The van der Waals surface area contributed by atoms with Crippen molar-refractivity contribution in [2.45, 2.75) is 19.9 Å². The number of rotatable bonds is 4. The fraction of sp³-hybridized carbons (Fsp3) is 0.267. The van der Waals surface area contributed by atoms with Gasteiger partial charge in [0.1, 0.15) is 0 Å². The van der Waals surface area contributed by atoms with Crippen molar-refractivity contribution in [3.05, 3.63) is 53.9 Å². The van der Waals surface area contributed by atoms with Crippen molar-refractivity contribution in [2.24, 2.45) is 7.05 Å². The topological polar surface area (TPSA) is 46.1 Å². The molecule has 0 aliphatic carbocycles. The van der Waals surface area contributed by atoms with Gasteiger partial charge in [0, 0.05) is 24.6 Å². The Morgan fingerprint density at radius 1 is 1.21 bits per heavy atom. The summed E-state index contributed by atoms with van der Waals surface area (Å²) in [4.78, 5) is 11.7. The minimum absolute atomic E-state index is 0.189. The van der Waals surface area contributed by atoms with Gasteiger partial charge < -0.3 is 15.2 Å². The number of aromatic nitrogens is 1. The van der Waals surface area contributed by atoms with Gasteiger partial charge in [0.2, 0.25) is 0 Å². The summed E-state index contributed by atoms with van der Waals surface area (Å²) in [7, 11) is 1.96. The average molecular weight is 257 g/mol. The molecule has 0 saturated carbocycles. The van der Waals surface area contributed by atoms with E-state index in [0.29, 0.717) is 6.54 Å². The van der Waals surface area contributed by atoms with Gasteiger partial charge in [0.05, 0.1) is 6.54 Å². The number of urea groups is 1. The molecule has 0 atom stereocenters. The number of carbonyl (C=O) groups excluding carboxylic acids is 1. The van der Waals surface area contributed by atoms with Gasteiger partial charge in [-0.3, -0.25) is 0 Å². The lowest BCUT2D eigenvalue weighted by Gasteiger charge is -2.08. The summed E-state index contributed by atoms with van der Waals surface area (Å²) in [6, 6.07) is 11.6. The third kappa shape index (κ3) is 3.61. The first-order chi connectivity index (χ1) is 9.19. The molecule has 1 aromatic heterocycles. The molecule has 0 saturated heterocycles. The van der Waals surface area contributed by atoms with Gasteiger partial charge in [-0.2, -0.15) is 0 Å². The Morgan fingerprint density at radius 3 is 2.53 bits per heavy atom. The number of hydrogen-bond acceptors (Lipinski definition) is 1. The zero-order valence-corrected chi connectivity index (χ0v) is 11.3. The van der Waals surface area contributed by atoms with Gasteiger partial charge in [-0.25, -0.2) is 4.79 Å². The molecule has 2 N–H and O–H groups in total. The molecular weight excluding hydrogens is 238 g/mol. The number of benzene rings is 1. The van der Waals surface area contributed by atoms with E-state index in [0.717, 1.165) is 17.8 Å². The van der Waals surface area contributed by atoms with Gasteiger partial charge in [-0.15, -0.1) is 0 Å². The Bertz CT molecular complexity index is 543. The van der Waals surface area contributed by atoms with Crippen molar-refractivity contribution >= 4 is 11.7 Å². The highest BCUT2D eigenvalue weighted by molar-refractivity contribution is 5.89. The summed E-state index contributed by atoms with van der Waals surface area (Å²) in [5.41, 5.74) is 3.13. The summed E-state index contributed by atoms with van der Waals surface area (Å²) in [6.07, 6.45) is 2.96. The molecule has 2 amide bonds. The number of hydrogen-bond donors (Lipinski definition) is 2. The van der Waals surface area contributed by atoms with Crippen LogP contribution in [0.2, 0.25) is 0 Å². The van der Waals surface area contributed by atoms with E-state index in [1.807, 2.05) is 54.2 Å². The molecule has 0 spiro atoms. The fourth-order valence-electron chi connectivity index (χ4n) is 1.85. The highest BCUT2D eigenvalue weighted by atomic mass is 16.2. The van der Waals surface area contributed by atoms with E-state index in [1.165, 1.54) is 5.56 Å². The summed E-state index contributed by atoms with van der Waals surface area (Å²) in [5.74, 6) is 0. The minimum atomic E-state index is -0.189. The lowest BCUT2D eigenvalue weighted by Crippen LogP contribution is -2.28. The highest BCUT2D eigenvalue weighted by Crippen LogP contribution is 2.09. The Labute approximate surface area is 113 Å². The van der Waals surface area contributed by atoms with Crippen LogP contribution in [0.25, 0.3) is 0 Å². The van der Waals surface area contributed by atoms with Crippen LogP contribution in [-0.2, 0) is 20.0 Å². The van der Waals surface area contributed by atoms with E-state index >= 15 is 0 Å². The Balaban J connectivity index is 1.85. The molecule has 0 aliphatic rings. The lowest BCUT2D eigenvalue weighted by molar-refractivity contribution is 0.251. The summed E-state index contributed by atoms with van der Waals surface area (Å²) in [6.45, 7) is 2.62. The van der Waals surface area contributed by atoms with Crippen LogP contribution in [0.15, 0.2) is 42.6 Å². The number of nitrogens with one attached hydrogen (secondary N) is 2. The molecule has 0 fully saturated rings. The summed E-state index contributed by atoms with van der Waals surface area (Å²) < 4.78 is 1.98. The molecule has 4 nitrogen and oxygen atoms in total. The first-order valence-corrected chi connectivity index (χ1v) is 6.43. The molecule has 2 aromatic rings. The molecule has 4 heteroatoms. The smallest absolute Gasteiger partial charge is 0.319 e. The van der Waals surface area contributed by atoms with Crippen LogP contribution in [0.1, 0.15) is 18.2 Å². The van der Waals surface area contributed by atoms with Crippen molar-refractivity contribution in [2.75, 3.05) is 5.32 Å². The second-order valence-corrected chi connectivity index (χ2v) is 4.47. The Morgan fingerprint density at radius 2 is 1.95 bits per heavy atom. The van der Waals surface area contributed by atoms with Gasteiger partial charge in [0.25, 0.3) is 0 Å². The van der Waals surface area contributed by atoms with Gasteiger partial charge in [-0.05, 0) is 36.2 Å². The van der Waals surface area contributed by atoms with Crippen LogP contribution in [0.3, 0.4) is 0 Å². The van der Waals surface area contributed by atoms with Crippen LogP contribution >= 0.6 is 0 Å². The van der Waals surface area contributed by atoms with Crippen molar-refractivity contribution in [1.82, 2.24) is 9.88 Å². The minimum Gasteiger partial charge on any atom is -0.353 e. The normalized spacial score (nSPS) is 10.2. The van der Waals surface area contributed by atoms with E-state index in [2.05, 4.69) is 17.6 Å². The molecule has 19 heavy (non-hydrogen) atoms. The maximum Gasteiger partial charge on any atom is 0.319 e. The number of nitrogens with zero attached hydrogens (tertiary/aromatic N) is 1. The average Bonchev–Trinajstić information content (AvgIpc) is 2.83. The predicted octanol–water partition coefficient (Wildman–Crippen LogP) is 2.91. The molecule has 1 heterocycles. The molecular formula is C15H19N3O. The molecule has 1 aromatic carbocycles. The lowest BCUT2D eigenvalue weighted by atomic mass is 10.1. The fourth-order valence-corrected chi connectivity index (χ4v) is 1.85. The molecule has 0 aliphatic heterocycles. The maximum absolute atomic E-state index is 11.7. The molecule has 0 radical (unpaired) electrons. The van der Waals surface area contributed by atoms with E-state index in [4.69, 9.17) is 0 Å². The van der Waals surface area contributed by atoms with E-state index in [1.54, 1.807) is 0 Å². The zero-order chi connectivity index (χ0) is 13.7. The Hall–Kier alpha value is -2.23. The second kappa shape index (κ2) is 6.09. The number of aryl methyl sites for hydroxylation is 2. The van der Waals surface area contributed by atoms with E-state index < -0.39 is 0 Å². The molecule has 100 valence electrons. The summed E-state index contributed by atoms with van der Waals surface area (Å²) in [5, 5.41) is 5.65. The van der Waals surface area contributed by atoms with Crippen LogP contribution < -0.4 is 10.6 Å². The van der Waals surface area contributed by atoms with Crippen molar-refractivity contribution in [3.8, 4) is 0 Å². The second-order valence-electron chi connectivity index (χ2n) is 4.47. The first kappa shape index (κ1) is 13.2. The number of amides is 2.